The number of benzene rings is 3. The van der Waals surface area contributed by atoms with Crippen molar-refractivity contribution in [2.45, 2.75) is 20.0 Å². The van der Waals surface area contributed by atoms with Crippen molar-refractivity contribution in [3.63, 3.8) is 0 Å². The summed E-state index contributed by atoms with van der Waals surface area (Å²) in [5, 5.41) is 5.87. The van der Waals surface area contributed by atoms with Crippen LogP contribution in [0.3, 0.4) is 0 Å². The number of thiocarbonyl (C=S) groups is 1. The number of amides is 1. The zero-order valence-corrected chi connectivity index (χ0v) is 18.9. The van der Waals surface area contributed by atoms with Gasteiger partial charge < -0.3 is 19.5 Å². The van der Waals surface area contributed by atoms with Gasteiger partial charge >= 0.3 is 0 Å². The number of hydrogen-bond donors (Lipinski definition) is 2. The molecule has 0 radical (unpaired) electrons. The summed E-state index contributed by atoms with van der Waals surface area (Å²) in [5.74, 6) is 1.69. The fraction of sp³-hybridized carbons (Fsp3) is 0.200. The normalized spacial score (nSPS) is 10.3. The Bertz CT molecular complexity index is 1040. The van der Waals surface area contributed by atoms with Gasteiger partial charge in [0.2, 0.25) is 0 Å². The molecule has 2 N–H and O–H groups in total. The lowest BCUT2D eigenvalue weighted by molar-refractivity contribution is 0.0977. The minimum Gasteiger partial charge on any atom is -0.491 e. The second kappa shape index (κ2) is 11.7. The van der Waals surface area contributed by atoms with Crippen LogP contribution < -0.4 is 24.8 Å². The molecular weight excluding hydrogens is 424 g/mol. The lowest BCUT2D eigenvalue weighted by Gasteiger charge is -2.15. The van der Waals surface area contributed by atoms with E-state index in [9.17, 15) is 4.79 Å². The molecule has 0 unspecified atom stereocenters. The number of carbonyl (C=O) groups excluding carboxylic acids is 1. The number of ether oxygens (including phenoxy) is 3. The molecule has 0 fully saturated rings. The van der Waals surface area contributed by atoms with Crippen molar-refractivity contribution in [3.05, 3.63) is 84.4 Å². The number of nitrogens with one attached hydrogen (secondary N) is 2. The topological polar surface area (TPSA) is 68.8 Å². The van der Waals surface area contributed by atoms with E-state index < -0.39 is 0 Å². The van der Waals surface area contributed by atoms with Crippen molar-refractivity contribution in [3.8, 4) is 17.2 Å². The van der Waals surface area contributed by atoms with E-state index >= 15 is 0 Å². The highest BCUT2D eigenvalue weighted by Gasteiger charge is 2.11. The average Bonchev–Trinajstić information content (AvgIpc) is 2.78. The molecule has 0 aliphatic rings. The largest absolute Gasteiger partial charge is 0.491 e. The molecule has 0 heterocycles. The summed E-state index contributed by atoms with van der Waals surface area (Å²) >= 11 is 5.32. The Morgan fingerprint density at radius 3 is 2.34 bits per heavy atom. The van der Waals surface area contributed by atoms with Crippen LogP contribution in [0.25, 0.3) is 0 Å². The van der Waals surface area contributed by atoms with Crippen LogP contribution in [-0.4, -0.2) is 30.3 Å². The molecule has 3 rings (SSSR count). The molecule has 3 aromatic carbocycles. The van der Waals surface area contributed by atoms with Gasteiger partial charge in [-0.3, -0.25) is 10.1 Å². The van der Waals surface area contributed by atoms with Crippen molar-refractivity contribution in [2.24, 2.45) is 0 Å². The number of hydrogen-bond acceptors (Lipinski definition) is 5. The van der Waals surface area contributed by atoms with Gasteiger partial charge in [0.05, 0.1) is 11.8 Å². The van der Waals surface area contributed by atoms with E-state index in [1.54, 1.807) is 18.2 Å². The summed E-state index contributed by atoms with van der Waals surface area (Å²) < 4.78 is 17.1. The predicted molar refractivity (Wildman–Crippen MR) is 130 cm³/mol. The Kier molecular flexibility index (Phi) is 8.45. The second-order valence-corrected chi connectivity index (χ2v) is 7.52. The molecule has 0 bridgehead atoms. The van der Waals surface area contributed by atoms with Crippen molar-refractivity contribution >= 4 is 28.9 Å². The summed E-state index contributed by atoms with van der Waals surface area (Å²) in [4.78, 5) is 12.6. The van der Waals surface area contributed by atoms with E-state index in [1.165, 1.54) is 0 Å². The van der Waals surface area contributed by atoms with Gasteiger partial charge in [-0.15, -0.1) is 0 Å². The Morgan fingerprint density at radius 2 is 1.56 bits per heavy atom. The predicted octanol–water partition coefficient (Wildman–Crippen LogP) is 5.06. The van der Waals surface area contributed by atoms with E-state index in [0.717, 1.165) is 5.75 Å². The average molecular weight is 451 g/mol. The van der Waals surface area contributed by atoms with Crippen LogP contribution in [0.4, 0.5) is 5.69 Å². The number of carbonyl (C=O) groups is 1. The Morgan fingerprint density at radius 1 is 0.875 bits per heavy atom. The minimum atomic E-state index is -0.327. The van der Waals surface area contributed by atoms with E-state index in [2.05, 4.69) is 10.6 Å². The van der Waals surface area contributed by atoms with E-state index in [1.807, 2.05) is 74.5 Å². The first-order valence-corrected chi connectivity index (χ1v) is 10.7. The van der Waals surface area contributed by atoms with Gasteiger partial charge in [-0.05, 0) is 68.5 Å². The summed E-state index contributed by atoms with van der Waals surface area (Å²) in [6, 6.07) is 23.9. The van der Waals surface area contributed by atoms with Crippen molar-refractivity contribution in [1.29, 1.82) is 0 Å². The zero-order chi connectivity index (χ0) is 22.8. The van der Waals surface area contributed by atoms with Gasteiger partial charge in [0.15, 0.2) is 5.11 Å². The molecule has 0 saturated heterocycles. The molecule has 32 heavy (non-hydrogen) atoms. The Hall–Kier alpha value is -3.58. The number of para-hydroxylation sites is 3. The van der Waals surface area contributed by atoms with Crippen molar-refractivity contribution < 1.29 is 19.0 Å². The van der Waals surface area contributed by atoms with Gasteiger partial charge in [0, 0.05) is 5.56 Å². The van der Waals surface area contributed by atoms with Crippen LogP contribution in [0.15, 0.2) is 78.9 Å². The van der Waals surface area contributed by atoms with Crippen LogP contribution >= 0.6 is 12.2 Å². The molecule has 166 valence electrons. The highest BCUT2D eigenvalue weighted by Crippen LogP contribution is 2.24. The molecule has 7 heteroatoms. The van der Waals surface area contributed by atoms with Gasteiger partial charge in [-0.2, -0.15) is 0 Å². The molecule has 0 spiro atoms. The van der Waals surface area contributed by atoms with Gasteiger partial charge in [0.25, 0.3) is 5.91 Å². The van der Waals surface area contributed by atoms with Crippen LogP contribution in [0.1, 0.15) is 24.2 Å². The van der Waals surface area contributed by atoms with Crippen molar-refractivity contribution in [2.75, 3.05) is 18.5 Å². The minimum absolute atomic E-state index is 0.0191. The molecule has 0 aliphatic heterocycles. The summed E-state index contributed by atoms with van der Waals surface area (Å²) in [5.41, 5.74) is 1.10. The first-order chi connectivity index (χ1) is 15.5. The molecule has 3 aromatic rings. The Labute approximate surface area is 193 Å². The number of anilines is 1. The van der Waals surface area contributed by atoms with Crippen LogP contribution in [0.5, 0.6) is 17.2 Å². The maximum Gasteiger partial charge on any atom is 0.257 e. The molecule has 0 saturated carbocycles. The lowest BCUT2D eigenvalue weighted by Crippen LogP contribution is -2.34. The highest BCUT2D eigenvalue weighted by molar-refractivity contribution is 7.80. The first-order valence-electron chi connectivity index (χ1n) is 10.3. The monoisotopic (exact) mass is 450 g/mol. The maximum atomic E-state index is 12.6. The molecule has 0 aromatic heterocycles. The second-order valence-electron chi connectivity index (χ2n) is 7.11. The summed E-state index contributed by atoms with van der Waals surface area (Å²) in [7, 11) is 0. The van der Waals surface area contributed by atoms with Crippen LogP contribution in [0.2, 0.25) is 0 Å². The third-order valence-electron chi connectivity index (χ3n) is 4.18. The molecule has 6 nitrogen and oxygen atoms in total. The van der Waals surface area contributed by atoms with Crippen LogP contribution in [0, 0.1) is 0 Å². The fourth-order valence-electron chi connectivity index (χ4n) is 2.84. The van der Waals surface area contributed by atoms with Gasteiger partial charge in [-0.25, -0.2) is 0 Å². The Balaban J connectivity index is 1.53. The standard InChI is InChI=1S/C25H26N2O4S/c1-18(2)31-21-12-8-9-19(17-21)24(28)27-25(32)26-22-13-6-7-14-23(22)30-16-15-29-20-10-4-3-5-11-20/h3-14,17-18H,15-16H2,1-2H3,(H2,26,27,28,32). The van der Waals surface area contributed by atoms with E-state index in [-0.39, 0.29) is 17.1 Å². The third kappa shape index (κ3) is 7.28. The van der Waals surface area contributed by atoms with E-state index in [0.29, 0.717) is 36.0 Å². The van der Waals surface area contributed by atoms with Crippen molar-refractivity contribution in [1.82, 2.24) is 5.32 Å². The zero-order valence-electron chi connectivity index (χ0n) is 18.0. The van der Waals surface area contributed by atoms with E-state index in [4.69, 9.17) is 26.4 Å². The summed E-state index contributed by atoms with van der Waals surface area (Å²) in [6.07, 6.45) is 0.0191. The molecular formula is C25H26N2O4S. The van der Waals surface area contributed by atoms with Gasteiger partial charge in [-0.1, -0.05) is 36.4 Å². The number of rotatable bonds is 9. The maximum absolute atomic E-state index is 12.6. The van der Waals surface area contributed by atoms with Gasteiger partial charge in [0.1, 0.15) is 30.5 Å². The highest BCUT2D eigenvalue weighted by atomic mass is 32.1. The smallest absolute Gasteiger partial charge is 0.257 e. The van der Waals surface area contributed by atoms with Crippen LogP contribution in [-0.2, 0) is 0 Å². The summed E-state index contributed by atoms with van der Waals surface area (Å²) in [6.45, 7) is 4.61. The first kappa shape index (κ1) is 23.1. The lowest BCUT2D eigenvalue weighted by atomic mass is 10.2. The molecule has 0 atom stereocenters. The SMILES string of the molecule is CC(C)Oc1cccc(C(=O)NC(=S)Nc2ccccc2OCCOc2ccccc2)c1. The third-order valence-corrected chi connectivity index (χ3v) is 4.39. The fourth-order valence-corrected chi connectivity index (χ4v) is 3.04. The molecule has 1 amide bonds. The molecule has 0 aliphatic carbocycles. The quantitative estimate of drug-likeness (QED) is 0.351.